The molecule has 0 saturated carbocycles. The highest BCUT2D eigenvalue weighted by atomic mass is 32.2. The lowest BCUT2D eigenvalue weighted by molar-refractivity contribution is 0.0730. The maximum absolute atomic E-state index is 12.7. The van der Waals surface area contributed by atoms with Crippen LogP contribution >= 0.6 is 0 Å². The molecule has 1 aliphatic heterocycles. The van der Waals surface area contributed by atoms with Crippen molar-refractivity contribution in [3.05, 3.63) is 23.8 Å². The van der Waals surface area contributed by atoms with Crippen LogP contribution < -0.4 is 4.74 Å². The molecule has 0 N–H and O–H groups in total. The first-order chi connectivity index (χ1) is 10.5. The first-order valence-corrected chi connectivity index (χ1v) is 9.25. The third-order valence-electron chi connectivity index (χ3n) is 3.67. The summed E-state index contributed by atoms with van der Waals surface area (Å²) in [6.07, 6.45) is 0.922. The molecular weight excluding hydrogens is 302 g/mol. The highest BCUT2D eigenvalue weighted by molar-refractivity contribution is 7.89. The molecule has 0 unspecified atom stereocenters. The fraction of sp³-hybridized carbons (Fsp3) is 0.625. The van der Waals surface area contributed by atoms with E-state index in [9.17, 15) is 8.42 Å². The van der Waals surface area contributed by atoms with E-state index >= 15 is 0 Å². The zero-order valence-corrected chi connectivity index (χ0v) is 14.4. The van der Waals surface area contributed by atoms with Crippen molar-refractivity contribution in [3.8, 4) is 5.75 Å². The van der Waals surface area contributed by atoms with Gasteiger partial charge < -0.3 is 9.47 Å². The van der Waals surface area contributed by atoms with Gasteiger partial charge in [0.1, 0.15) is 5.75 Å². The standard InChI is InChI=1S/C16H25NO4S/c1-4-9-21-16-6-5-14(12-15(16)13(2)3)22(18,19)17-7-10-20-11-8-17/h5-6,12-13H,4,7-11H2,1-3H3. The quantitative estimate of drug-likeness (QED) is 0.806. The maximum atomic E-state index is 12.7. The Kier molecular flexibility index (Phi) is 5.83. The van der Waals surface area contributed by atoms with Crippen LogP contribution in [0.25, 0.3) is 0 Å². The lowest BCUT2D eigenvalue weighted by Crippen LogP contribution is -2.40. The Morgan fingerprint density at radius 2 is 1.95 bits per heavy atom. The van der Waals surface area contributed by atoms with Gasteiger partial charge in [0.15, 0.2) is 0 Å². The largest absolute Gasteiger partial charge is 0.493 e. The van der Waals surface area contributed by atoms with Gasteiger partial charge >= 0.3 is 0 Å². The molecule has 0 aliphatic carbocycles. The van der Waals surface area contributed by atoms with Crippen LogP contribution in [-0.2, 0) is 14.8 Å². The Hall–Kier alpha value is -1.11. The average molecular weight is 327 g/mol. The Balaban J connectivity index is 2.32. The van der Waals surface area contributed by atoms with Gasteiger partial charge in [-0.2, -0.15) is 4.31 Å². The molecule has 0 bridgehead atoms. The Labute approximate surface area is 133 Å². The monoisotopic (exact) mass is 327 g/mol. The van der Waals surface area contributed by atoms with Crippen molar-refractivity contribution >= 4 is 10.0 Å². The fourth-order valence-electron chi connectivity index (χ4n) is 2.42. The van der Waals surface area contributed by atoms with E-state index in [4.69, 9.17) is 9.47 Å². The lowest BCUT2D eigenvalue weighted by atomic mass is 10.0. The summed E-state index contributed by atoms with van der Waals surface area (Å²) in [6.45, 7) is 8.49. The lowest BCUT2D eigenvalue weighted by Gasteiger charge is -2.26. The third-order valence-corrected chi connectivity index (χ3v) is 5.57. The molecule has 1 aromatic rings. The second kappa shape index (κ2) is 7.44. The van der Waals surface area contributed by atoms with Crippen LogP contribution in [0.4, 0.5) is 0 Å². The number of hydrogen-bond donors (Lipinski definition) is 0. The van der Waals surface area contributed by atoms with Crippen LogP contribution in [0.15, 0.2) is 23.1 Å². The van der Waals surface area contributed by atoms with E-state index in [1.807, 2.05) is 20.8 Å². The van der Waals surface area contributed by atoms with E-state index < -0.39 is 10.0 Å². The zero-order valence-electron chi connectivity index (χ0n) is 13.5. The van der Waals surface area contributed by atoms with Gasteiger partial charge in [-0.25, -0.2) is 8.42 Å². The third kappa shape index (κ3) is 3.80. The summed E-state index contributed by atoms with van der Waals surface area (Å²) in [7, 11) is -3.46. The molecule has 0 aromatic heterocycles. The van der Waals surface area contributed by atoms with E-state index in [1.54, 1.807) is 18.2 Å². The SMILES string of the molecule is CCCOc1ccc(S(=O)(=O)N2CCOCC2)cc1C(C)C. The molecule has 124 valence electrons. The summed E-state index contributed by atoms with van der Waals surface area (Å²) in [5.41, 5.74) is 0.933. The molecule has 1 aliphatic rings. The van der Waals surface area contributed by atoms with Crippen molar-refractivity contribution < 1.29 is 17.9 Å². The van der Waals surface area contributed by atoms with E-state index in [0.29, 0.717) is 37.8 Å². The van der Waals surface area contributed by atoms with Crippen LogP contribution in [0.2, 0.25) is 0 Å². The van der Waals surface area contributed by atoms with Gasteiger partial charge in [-0.05, 0) is 36.1 Å². The van der Waals surface area contributed by atoms with Gasteiger partial charge in [0.05, 0.1) is 24.7 Å². The molecule has 1 heterocycles. The first kappa shape index (κ1) is 17.2. The van der Waals surface area contributed by atoms with Gasteiger partial charge in [-0.1, -0.05) is 20.8 Å². The van der Waals surface area contributed by atoms with Crippen molar-refractivity contribution in [2.75, 3.05) is 32.9 Å². The van der Waals surface area contributed by atoms with Crippen molar-refractivity contribution in [2.24, 2.45) is 0 Å². The number of hydrogen-bond acceptors (Lipinski definition) is 4. The normalized spacial score (nSPS) is 16.9. The summed E-state index contributed by atoms with van der Waals surface area (Å²) in [6, 6.07) is 5.17. The minimum Gasteiger partial charge on any atom is -0.493 e. The van der Waals surface area contributed by atoms with Crippen molar-refractivity contribution in [3.63, 3.8) is 0 Å². The first-order valence-electron chi connectivity index (χ1n) is 7.81. The van der Waals surface area contributed by atoms with Crippen LogP contribution in [0.3, 0.4) is 0 Å². The molecule has 5 nitrogen and oxygen atoms in total. The summed E-state index contributed by atoms with van der Waals surface area (Å²) in [5, 5.41) is 0. The molecular formula is C16H25NO4S. The molecule has 1 saturated heterocycles. The predicted octanol–water partition coefficient (Wildman–Crippen LogP) is 2.62. The number of rotatable bonds is 6. The summed E-state index contributed by atoms with van der Waals surface area (Å²) in [5.74, 6) is 0.976. The smallest absolute Gasteiger partial charge is 0.243 e. The molecule has 0 radical (unpaired) electrons. The highest BCUT2D eigenvalue weighted by Gasteiger charge is 2.27. The number of benzene rings is 1. The van der Waals surface area contributed by atoms with Crippen LogP contribution in [-0.4, -0.2) is 45.6 Å². The Bertz CT molecular complexity index is 592. The molecule has 6 heteroatoms. The van der Waals surface area contributed by atoms with Crippen molar-refractivity contribution in [1.29, 1.82) is 0 Å². The average Bonchev–Trinajstić information content (AvgIpc) is 2.53. The second-order valence-corrected chi connectivity index (χ2v) is 7.66. The minimum atomic E-state index is -3.46. The molecule has 1 fully saturated rings. The molecule has 1 aromatic carbocycles. The van der Waals surface area contributed by atoms with E-state index in [-0.39, 0.29) is 5.92 Å². The van der Waals surface area contributed by atoms with Crippen molar-refractivity contribution in [2.45, 2.75) is 38.0 Å². The van der Waals surface area contributed by atoms with Gasteiger partial charge in [-0.3, -0.25) is 0 Å². The molecule has 0 atom stereocenters. The van der Waals surface area contributed by atoms with Gasteiger partial charge in [0.25, 0.3) is 0 Å². The van der Waals surface area contributed by atoms with Crippen molar-refractivity contribution in [1.82, 2.24) is 4.31 Å². The summed E-state index contributed by atoms with van der Waals surface area (Å²) < 4.78 is 37.9. The second-order valence-electron chi connectivity index (χ2n) is 5.72. The van der Waals surface area contributed by atoms with Crippen LogP contribution in [0.5, 0.6) is 5.75 Å². The van der Waals surface area contributed by atoms with Gasteiger partial charge in [0.2, 0.25) is 10.0 Å². The fourth-order valence-corrected chi connectivity index (χ4v) is 3.86. The number of sulfonamides is 1. The topological polar surface area (TPSA) is 55.8 Å². The van der Waals surface area contributed by atoms with Crippen LogP contribution in [0, 0.1) is 0 Å². The number of nitrogens with zero attached hydrogens (tertiary/aromatic N) is 1. The van der Waals surface area contributed by atoms with Gasteiger partial charge in [-0.15, -0.1) is 0 Å². The molecule has 22 heavy (non-hydrogen) atoms. The number of morpholine rings is 1. The van der Waals surface area contributed by atoms with Crippen LogP contribution in [0.1, 0.15) is 38.7 Å². The molecule has 0 amide bonds. The molecule has 2 rings (SSSR count). The van der Waals surface area contributed by atoms with Gasteiger partial charge in [0, 0.05) is 13.1 Å². The maximum Gasteiger partial charge on any atom is 0.243 e. The predicted molar refractivity (Wildman–Crippen MR) is 85.9 cm³/mol. The summed E-state index contributed by atoms with van der Waals surface area (Å²) >= 11 is 0. The van der Waals surface area contributed by atoms with E-state index in [2.05, 4.69) is 0 Å². The zero-order chi connectivity index (χ0) is 16.2. The van der Waals surface area contributed by atoms with E-state index in [1.165, 1.54) is 4.31 Å². The molecule has 0 spiro atoms. The van der Waals surface area contributed by atoms with E-state index in [0.717, 1.165) is 17.7 Å². The Morgan fingerprint density at radius 3 is 2.55 bits per heavy atom. The minimum absolute atomic E-state index is 0.201. The summed E-state index contributed by atoms with van der Waals surface area (Å²) in [4.78, 5) is 0.335. The Morgan fingerprint density at radius 1 is 1.27 bits per heavy atom. The highest BCUT2D eigenvalue weighted by Crippen LogP contribution is 2.30. The number of ether oxygens (including phenoxy) is 2.